The van der Waals surface area contributed by atoms with E-state index in [1.165, 1.54) is 5.56 Å². The molecule has 2 aromatic carbocycles. The fraction of sp³-hybridized carbons (Fsp3) is 0.136. The van der Waals surface area contributed by atoms with Crippen LogP contribution in [0.15, 0.2) is 65.8 Å². The third-order valence-corrected chi connectivity index (χ3v) is 4.31. The van der Waals surface area contributed by atoms with Gasteiger partial charge in [0.05, 0.1) is 11.9 Å². The highest BCUT2D eigenvalue weighted by Gasteiger charge is 2.12. The van der Waals surface area contributed by atoms with Gasteiger partial charge in [-0.05, 0) is 44.5 Å². The van der Waals surface area contributed by atoms with E-state index in [0.717, 1.165) is 22.6 Å². The number of aryl methyl sites for hydroxylation is 3. The molecule has 8 heteroatoms. The Kier molecular flexibility index (Phi) is 5.47. The number of rotatable bonds is 6. The minimum Gasteiger partial charge on any atom is -0.324 e. The Morgan fingerprint density at radius 1 is 0.867 bits per heavy atom. The fourth-order valence-electron chi connectivity index (χ4n) is 2.87. The molecule has 0 saturated carbocycles. The molecule has 2 heterocycles. The lowest BCUT2D eigenvalue weighted by molar-refractivity contribution is 0.767. The van der Waals surface area contributed by atoms with Crippen molar-refractivity contribution < 1.29 is 0 Å². The van der Waals surface area contributed by atoms with Crippen molar-refractivity contribution in [3.63, 3.8) is 0 Å². The van der Waals surface area contributed by atoms with Gasteiger partial charge < -0.3 is 5.32 Å². The maximum atomic E-state index is 4.54. The summed E-state index contributed by atoms with van der Waals surface area (Å²) in [6.07, 6.45) is 1.71. The van der Waals surface area contributed by atoms with Crippen LogP contribution < -0.4 is 10.7 Å². The summed E-state index contributed by atoms with van der Waals surface area (Å²) in [5, 5.41) is 11.9. The molecule has 0 aliphatic rings. The first kappa shape index (κ1) is 19.3. The molecule has 0 fully saturated rings. The van der Waals surface area contributed by atoms with E-state index >= 15 is 0 Å². The van der Waals surface area contributed by atoms with Crippen LogP contribution in [0.2, 0.25) is 0 Å². The predicted molar refractivity (Wildman–Crippen MR) is 119 cm³/mol. The molecule has 0 atom stereocenters. The first-order chi connectivity index (χ1) is 14.6. The molecule has 2 N–H and O–H groups in total. The Bertz CT molecular complexity index is 1160. The SMILES string of the molecule is Cc1ccc(Nc2nc(N/N=C/c3ccccc3)nc(-n3nc(C)cc3C)n2)cc1. The van der Waals surface area contributed by atoms with E-state index in [1.807, 2.05) is 81.4 Å². The van der Waals surface area contributed by atoms with E-state index in [0.29, 0.717) is 17.8 Å². The number of hydrazone groups is 1. The Labute approximate surface area is 174 Å². The lowest BCUT2D eigenvalue weighted by atomic mass is 10.2. The van der Waals surface area contributed by atoms with Crippen LogP contribution in [0.5, 0.6) is 0 Å². The van der Waals surface area contributed by atoms with Gasteiger partial charge in [0.25, 0.3) is 5.95 Å². The highest BCUT2D eigenvalue weighted by Crippen LogP contribution is 2.17. The van der Waals surface area contributed by atoms with Crippen molar-refractivity contribution in [3.8, 4) is 5.95 Å². The van der Waals surface area contributed by atoms with Gasteiger partial charge in [0, 0.05) is 11.4 Å². The third-order valence-electron chi connectivity index (χ3n) is 4.31. The van der Waals surface area contributed by atoms with Crippen LogP contribution in [0.1, 0.15) is 22.5 Å². The molecule has 0 spiro atoms. The normalized spacial score (nSPS) is 11.0. The molecule has 0 bridgehead atoms. The standard InChI is InChI=1S/C22H22N8/c1-15-9-11-19(12-10-15)24-20-25-21(28-23-14-18-7-5-4-6-8-18)27-22(26-20)30-17(3)13-16(2)29-30/h4-14H,1-3H3,(H2,24,25,26,27,28)/b23-14+. The van der Waals surface area contributed by atoms with Gasteiger partial charge in [0.1, 0.15) is 0 Å². The van der Waals surface area contributed by atoms with Crippen LogP contribution in [0.3, 0.4) is 0 Å². The molecule has 30 heavy (non-hydrogen) atoms. The molecule has 4 aromatic rings. The highest BCUT2D eigenvalue weighted by atomic mass is 15.4. The molecular formula is C22H22N8. The lowest BCUT2D eigenvalue weighted by Gasteiger charge is -2.09. The zero-order chi connectivity index (χ0) is 20.9. The Balaban J connectivity index is 1.65. The largest absolute Gasteiger partial charge is 0.324 e. The van der Waals surface area contributed by atoms with Crippen LogP contribution in [0, 0.1) is 20.8 Å². The smallest absolute Gasteiger partial charge is 0.257 e. The summed E-state index contributed by atoms with van der Waals surface area (Å²) in [5.41, 5.74) is 7.73. The molecule has 0 aliphatic carbocycles. The molecule has 0 unspecified atom stereocenters. The maximum absolute atomic E-state index is 4.54. The molecule has 8 nitrogen and oxygen atoms in total. The average Bonchev–Trinajstić information content (AvgIpc) is 3.08. The molecule has 0 amide bonds. The van der Waals surface area contributed by atoms with E-state index in [-0.39, 0.29) is 0 Å². The monoisotopic (exact) mass is 398 g/mol. The second-order valence-electron chi connectivity index (χ2n) is 6.89. The maximum Gasteiger partial charge on any atom is 0.257 e. The van der Waals surface area contributed by atoms with Crippen molar-refractivity contribution in [1.82, 2.24) is 24.7 Å². The molecule has 4 rings (SSSR count). The van der Waals surface area contributed by atoms with Gasteiger partial charge in [0.15, 0.2) is 0 Å². The van der Waals surface area contributed by atoms with Crippen molar-refractivity contribution in [1.29, 1.82) is 0 Å². The van der Waals surface area contributed by atoms with E-state index in [2.05, 4.69) is 35.9 Å². The van der Waals surface area contributed by atoms with Crippen molar-refractivity contribution in [2.24, 2.45) is 5.10 Å². The van der Waals surface area contributed by atoms with Crippen molar-refractivity contribution >= 4 is 23.8 Å². The predicted octanol–water partition coefficient (Wildman–Crippen LogP) is 4.17. The lowest BCUT2D eigenvalue weighted by Crippen LogP contribution is -2.11. The van der Waals surface area contributed by atoms with Crippen molar-refractivity contribution in [2.75, 3.05) is 10.7 Å². The van der Waals surface area contributed by atoms with E-state index < -0.39 is 0 Å². The van der Waals surface area contributed by atoms with E-state index in [9.17, 15) is 0 Å². The summed E-state index contributed by atoms with van der Waals surface area (Å²) >= 11 is 0. The Morgan fingerprint density at radius 3 is 2.30 bits per heavy atom. The van der Waals surface area contributed by atoms with Gasteiger partial charge in [-0.1, -0.05) is 48.0 Å². The topological polar surface area (TPSA) is 92.9 Å². The van der Waals surface area contributed by atoms with Gasteiger partial charge in [-0.3, -0.25) is 0 Å². The van der Waals surface area contributed by atoms with Crippen molar-refractivity contribution in [2.45, 2.75) is 20.8 Å². The molecule has 150 valence electrons. The molecule has 0 aliphatic heterocycles. The van der Waals surface area contributed by atoms with E-state index in [1.54, 1.807) is 10.9 Å². The van der Waals surface area contributed by atoms with Gasteiger partial charge in [-0.2, -0.15) is 25.2 Å². The number of anilines is 3. The second kappa shape index (κ2) is 8.52. The van der Waals surface area contributed by atoms with Crippen LogP contribution in [-0.4, -0.2) is 30.9 Å². The number of aromatic nitrogens is 5. The number of nitrogens with zero attached hydrogens (tertiary/aromatic N) is 6. The van der Waals surface area contributed by atoms with Crippen LogP contribution in [0.25, 0.3) is 5.95 Å². The summed E-state index contributed by atoms with van der Waals surface area (Å²) in [6.45, 7) is 5.93. The second-order valence-corrected chi connectivity index (χ2v) is 6.89. The first-order valence-corrected chi connectivity index (χ1v) is 9.54. The number of hydrogen-bond donors (Lipinski definition) is 2. The minimum atomic E-state index is 0.314. The zero-order valence-corrected chi connectivity index (χ0v) is 17.0. The van der Waals surface area contributed by atoms with Gasteiger partial charge in [-0.25, -0.2) is 10.1 Å². The molecular weight excluding hydrogens is 376 g/mol. The van der Waals surface area contributed by atoms with E-state index in [4.69, 9.17) is 0 Å². The number of benzene rings is 2. The molecule has 0 radical (unpaired) electrons. The summed E-state index contributed by atoms with van der Waals surface area (Å²) in [7, 11) is 0. The third kappa shape index (κ3) is 4.67. The first-order valence-electron chi connectivity index (χ1n) is 9.54. The van der Waals surface area contributed by atoms with Gasteiger partial charge >= 0.3 is 0 Å². The van der Waals surface area contributed by atoms with Crippen LogP contribution >= 0.6 is 0 Å². The Hall–Kier alpha value is -4.07. The molecule has 0 saturated heterocycles. The van der Waals surface area contributed by atoms with Crippen LogP contribution in [0.4, 0.5) is 17.6 Å². The van der Waals surface area contributed by atoms with Crippen LogP contribution in [-0.2, 0) is 0 Å². The van der Waals surface area contributed by atoms with Crippen molar-refractivity contribution in [3.05, 3.63) is 83.2 Å². The quantitative estimate of drug-likeness (QED) is 0.374. The number of hydrogen-bond acceptors (Lipinski definition) is 7. The summed E-state index contributed by atoms with van der Waals surface area (Å²) in [6, 6.07) is 19.8. The fourth-order valence-corrected chi connectivity index (χ4v) is 2.87. The Morgan fingerprint density at radius 2 is 1.60 bits per heavy atom. The summed E-state index contributed by atoms with van der Waals surface area (Å²) < 4.78 is 1.68. The minimum absolute atomic E-state index is 0.314. The summed E-state index contributed by atoms with van der Waals surface area (Å²) in [5.74, 6) is 1.12. The molecule has 2 aromatic heterocycles. The van der Waals surface area contributed by atoms with Gasteiger partial charge in [0.2, 0.25) is 11.9 Å². The zero-order valence-electron chi connectivity index (χ0n) is 17.0. The average molecular weight is 398 g/mol. The summed E-state index contributed by atoms with van der Waals surface area (Å²) in [4.78, 5) is 13.5. The number of nitrogens with one attached hydrogen (secondary N) is 2. The van der Waals surface area contributed by atoms with Gasteiger partial charge in [-0.15, -0.1) is 0 Å². The highest BCUT2D eigenvalue weighted by molar-refractivity contribution is 5.79.